The Balaban J connectivity index is 1.76. The van der Waals surface area contributed by atoms with Crippen molar-refractivity contribution in [2.75, 3.05) is 10.6 Å². The molecule has 1 aromatic carbocycles. The Morgan fingerprint density at radius 2 is 1.61 bits per heavy atom. The smallest absolute Gasteiger partial charge is 0.273 e. The molecule has 2 aromatic heterocycles. The molecule has 0 saturated carbocycles. The van der Waals surface area contributed by atoms with E-state index >= 15 is 0 Å². The minimum atomic E-state index is -0.251. The normalized spacial score (nSPS) is 10.7. The minimum absolute atomic E-state index is 0.220. The largest absolute Gasteiger partial charge is 0.322 e. The first-order valence-electron chi connectivity index (χ1n) is 9.23. The Labute approximate surface area is 163 Å². The van der Waals surface area contributed by atoms with E-state index in [0.29, 0.717) is 41.4 Å². The van der Waals surface area contributed by atoms with Crippen molar-refractivity contribution >= 4 is 23.2 Å². The molecule has 2 heterocycles. The molecule has 0 fully saturated rings. The molecule has 2 amide bonds. The van der Waals surface area contributed by atoms with Crippen molar-refractivity contribution in [2.24, 2.45) is 0 Å². The van der Waals surface area contributed by atoms with Gasteiger partial charge in [0, 0.05) is 36.4 Å². The van der Waals surface area contributed by atoms with Crippen LogP contribution in [0.15, 0.2) is 36.5 Å². The van der Waals surface area contributed by atoms with Gasteiger partial charge in [0.15, 0.2) is 0 Å². The number of rotatable bonds is 6. The molecule has 0 aliphatic heterocycles. The quantitative estimate of drug-likeness (QED) is 0.686. The van der Waals surface area contributed by atoms with Crippen LogP contribution in [0.3, 0.4) is 0 Å². The number of amides is 2. The predicted molar refractivity (Wildman–Crippen MR) is 108 cm³/mol. The Bertz CT molecular complexity index is 1020. The lowest BCUT2D eigenvalue weighted by molar-refractivity contribution is 0.101. The number of aryl methyl sites for hydroxylation is 3. The van der Waals surface area contributed by atoms with E-state index < -0.39 is 0 Å². The molecule has 2 N–H and O–H groups in total. The summed E-state index contributed by atoms with van der Waals surface area (Å²) >= 11 is 0. The van der Waals surface area contributed by atoms with Crippen LogP contribution in [-0.4, -0.2) is 31.4 Å². The van der Waals surface area contributed by atoms with Gasteiger partial charge in [-0.3, -0.25) is 19.0 Å². The number of benzene rings is 1. The Morgan fingerprint density at radius 1 is 0.964 bits per heavy atom. The Kier molecular flexibility index (Phi) is 5.58. The van der Waals surface area contributed by atoms with Gasteiger partial charge in [-0.15, -0.1) is 0 Å². The lowest BCUT2D eigenvalue weighted by atomic mass is 10.1. The molecule has 0 bridgehead atoms. The maximum atomic E-state index is 12.7. The molecule has 0 aliphatic rings. The molecule has 0 radical (unpaired) electrons. The fourth-order valence-corrected chi connectivity index (χ4v) is 3.17. The second-order valence-electron chi connectivity index (χ2n) is 6.38. The first kappa shape index (κ1) is 19.3. The van der Waals surface area contributed by atoms with Gasteiger partial charge >= 0.3 is 0 Å². The van der Waals surface area contributed by atoms with E-state index in [1.165, 1.54) is 0 Å². The van der Waals surface area contributed by atoms with Crippen LogP contribution in [0.4, 0.5) is 11.4 Å². The van der Waals surface area contributed by atoms with Gasteiger partial charge in [0.05, 0.1) is 11.3 Å². The van der Waals surface area contributed by atoms with Crippen LogP contribution < -0.4 is 10.6 Å². The third-order valence-corrected chi connectivity index (χ3v) is 4.54. The van der Waals surface area contributed by atoms with Gasteiger partial charge < -0.3 is 10.6 Å². The van der Waals surface area contributed by atoms with Gasteiger partial charge in [0.2, 0.25) is 0 Å². The van der Waals surface area contributed by atoms with Crippen molar-refractivity contribution in [1.82, 2.24) is 19.6 Å². The lowest BCUT2D eigenvalue weighted by Gasteiger charge is -2.10. The van der Waals surface area contributed by atoms with E-state index in [0.717, 1.165) is 5.69 Å². The fraction of sp³-hybridized carbons (Fsp3) is 0.300. The highest BCUT2D eigenvalue weighted by molar-refractivity contribution is 6.07. The highest BCUT2D eigenvalue weighted by atomic mass is 16.2. The topological polar surface area (TPSA) is 93.8 Å². The number of carbonyl (C=O) groups excluding carboxylic acids is 2. The molecule has 0 atom stereocenters. The highest BCUT2D eigenvalue weighted by Crippen LogP contribution is 2.19. The van der Waals surface area contributed by atoms with Crippen molar-refractivity contribution in [3.05, 3.63) is 59.2 Å². The van der Waals surface area contributed by atoms with E-state index in [1.807, 2.05) is 27.7 Å². The van der Waals surface area contributed by atoms with Gasteiger partial charge in [-0.25, -0.2) is 0 Å². The fourth-order valence-electron chi connectivity index (χ4n) is 3.17. The first-order chi connectivity index (χ1) is 13.4. The van der Waals surface area contributed by atoms with Crippen molar-refractivity contribution < 1.29 is 9.59 Å². The summed E-state index contributed by atoms with van der Waals surface area (Å²) < 4.78 is 3.43. The zero-order valence-corrected chi connectivity index (χ0v) is 16.5. The third kappa shape index (κ3) is 3.80. The SMILES string of the molecule is CCn1nccc1C(=O)Nc1cccc(NC(=O)c2c(C)nn(CC)c2C)c1. The molecule has 0 saturated heterocycles. The number of hydrogen-bond donors (Lipinski definition) is 2. The second kappa shape index (κ2) is 8.08. The van der Waals surface area contributed by atoms with Crippen LogP contribution >= 0.6 is 0 Å². The first-order valence-corrected chi connectivity index (χ1v) is 9.23. The van der Waals surface area contributed by atoms with Crippen LogP contribution in [0.5, 0.6) is 0 Å². The molecule has 8 nitrogen and oxygen atoms in total. The average molecular weight is 380 g/mol. The Hall–Kier alpha value is -3.42. The zero-order valence-electron chi connectivity index (χ0n) is 16.5. The standard InChI is InChI=1S/C20H24N6O2/c1-5-25-14(4)18(13(3)24-25)20(28)23-16-9-7-8-15(12-16)22-19(27)17-10-11-21-26(17)6-2/h7-12H,5-6H2,1-4H3,(H,22,27)(H,23,28). The summed E-state index contributed by atoms with van der Waals surface area (Å²) in [5.41, 5.74) is 3.75. The van der Waals surface area contributed by atoms with E-state index in [1.54, 1.807) is 45.9 Å². The third-order valence-electron chi connectivity index (χ3n) is 4.54. The number of anilines is 2. The monoisotopic (exact) mass is 380 g/mol. The molecule has 8 heteroatoms. The van der Waals surface area contributed by atoms with Crippen LogP contribution in [0, 0.1) is 13.8 Å². The van der Waals surface area contributed by atoms with Gasteiger partial charge in [-0.2, -0.15) is 10.2 Å². The molecule has 0 unspecified atom stereocenters. The zero-order chi connectivity index (χ0) is 20.3. The molecular formula is C20H24N6O2. The molecule has 3 aromatic rings. The summed E-state index contributed by atoms with van der Waals surface area (Å²) in [5, 5.41) is 14.2. The molecule has 28 heavy (non-hydrogen) atoms. The number of hydrogen-bond acceptors (Lipinski definition) is 4. The van der Waals surface area contributed by atoms with Crippen molar-refractivity contribution in [2.45, 2.75) is 40.8 Å². The van der Waals surface area contributed by atoms with E-state index in [4.69, 9.17) is 0 Å². The summed E-state index contributed by atoms with van der Waals surface area (Å²) in [6, 6.07) is 8.71. The van der Waals surface area contributed by atoms with Gasteiger partial charge in [-0.05, 0) is 52.0 Å². The van der Waals surface area contributed by atoms with Gasteiger partial charge in [-0.1, -0.05) is 6.07 Å². The summed E-state index contributed by atoms with van der Waals surface area (Å²) in [7, 11) is 0. The molecule has 3 rings (SSSR count). The Morgan fingerprint density at radius 3 is 2.21 bits per heavy atom. The average Bonchev–Trinajstić information content (AvgIpc) is 3.25. The van der Waals surface area contributed by atoms with Crippen LogP contribution in [0.25, 0.3) is 0 Å². The van der Waals surface area contributed by atoms with Gasteiger partial charge in [0.25, 0.3) is 11.8 Å². The summed E-state index contributed by atoms with van der Waals surface area (Å²) in [5.74, 6) is -0.471. The maximum Gasteiger partial charge on any atom is 0.273 e. The number of aromatic nitrogens is 4. The van der Waals surface area contributed by atoms with Crippen molar-refractivity contribution in [1.29, 1.82) is 0 Å². The maximum absolute atomic E-state index is 12.7. The van der Waals surface area contributed by atoms with Crippen LogP contribution in [-0.2, 0) is 13.1 Å². The van der Waals surface area contributed by atoms with E-state index in [-0.39, 0.29) is 11.8 Å². The molecule has 0 spiro atoms. The molecule has 146 valence electrons. The summed E-state index contributed by atoms with van der Waals surface area (Å²) in [4.78, 5) is 25.2. The molecular weight excluding hydrogens is 356 g/mol. The lowest BCUT2D eigenvalue weighted by Crippen LogP contribution is -2.18. The van der Waals surface area contributed by atoms with Crippen molar-refractivity contribution in [3.63, 3.8) is 0 Å². The van der Waals surface area contributed by atoms with Gasteiger partial charge in [0.1, 0.15) is 5.69 Å². The summed E-state index contributed by atoms with van der Waals surface area (Å²) in [6.07, 6.45) is 1.59. The number of nitrogens with one attached hydrogen (secondary N) is 2. The highest BCUT2D eigenvalue weighted by Gasteiger charge is 2.18. The molecule has 0 aliphatic carbocycles. The summed E-state index contributed by atoms with van der Waals surface area (Å²) in [6.45, 7) is 8.92. The second-order valence-corrected chi connectivity index (χ2v) is 6.38. The predicted octanol–water partition coefficient (Wildman–Crippen LogP) is 3.24. The van der Waals surface area contributed by atoms with E-state index in [9.17, 15) is 9.59 Å². The van der Waals surface area contributed by atoms with Crippen molar-refractivity contribution in [3.8, 4) is 0 Å². The number of carbonyl (C=O) groups is 2. The van der Waals surface area contributed by atoms with Crippen LogP contribution in [0.1, 0.15) is 46.1 Å². The minimum Gasteiger partial charge on any atom is -0.322 e. The van der Waals surface area contributed by atoms with Crippen LogP contribution in [0.2, 0.25) is 0 Å². The van der Waals surface area contributed by atoms with E-state index in [2.05, 4.69) is 20.8 Å². The number of nitrogens with zero attached hydrogens (tertiary/aromatic N) is 4.